The lowest BCUT2D eigenvalue weighted by molar-refractivity contribution is 1.30. The molecular weight excluding hydrogens is 98.1 g/mol. The smallest absolute Gasteiger partial charge is 0.0330 e. The normalized spacial score (nSPS) is 12.5. The molecule has 0 spiro atoms. The summed E-state index contributed by atoms with van der Waals surface area (Å²) in [5.74, 6) is 0. The van der Waals surface area contributed by atoms with Crippen LogP contribution in [0.5, 0.6) is 0 Å². The van der Waals surface area contributed by atoms with E-state index in [1.165, 1.54) is 0 Å². The van der Waals surface area contributed by atoms with E-state index in [0.717, 1.165) is 5.70 Å². The van der Waals surface area contributed by atoms with Crippen LogP contribution in [0.2, 0.25) is 0 Å². The Labute approximate surface area is 50.4 Å². The lowest BCUT2D eigenvalue weighted by Gasteiger charge is -1.82. The summed E-state index contributed by atoms with van der Waals surface area (Å²) in [6.07, 6.45) is 5.28. The SMILES string of the molecule is C=C/C=N\C(C)=C\C. The maximum absolute atomic E-state index is 3.98. The predicted molar refractivity (Wildman–Crippen MR) is 38.1 cm³/mol. The average Bonchev–Trinajstić information content (AvgIpc) is 1.83. The van der Waals surface area contributed by atoms with Crippen molar-refractivity contribution >= 4 is 6.21 Å². The first kappa shape index (κ1) is 7.15. The van der Waals surface area contributed by atoms with Gasteiger partial charge in [-0.1, -0.05) is 18.7 Å². The van der Waals surface area contributed by atoms with Crippen molar-refractivity contribution < 1.29 is 0 Å². The number of allylic oxidation sites excluding steroid dienone is 3. The zero-order chi connectivity index (χ0) is 6.41. The Bertz CT molecular complexity index is 120. The van der Waals surface area contributed by atoms with E-state index in [9.17, 15) is 0 Å². The Morgan fingerprint density at radius 2 is 2.25 bits per heavy atom. The van der Waals surface area contributed by atoms with Gasteiger partial charge in [0.2, 0.25) is 0 Å². The lowest BCUT2D eigenvalue weighted by Crippen LogP contribution is -1.66. The molecule has 0 aliphatic heterocycles. The maximum Gasteiger partial charge on any atom is 0.0330 e. The van der Waals surface area contributed by atoms with Crippen LogP contribution >= 0.6 is 0 Å². The van der Waals surface area contributed by atoms with Crippen LogP contribution in [-0.4, -0.2) is 6.21 Å². The third-order valence-electron chi connectivity index (χ3n) is 0.801. The van der Waals surface area contributed by atoms with Crippen molar-refractivity contribution in [2.75, 3.05) is 0 Å². The molecular formula is C7H11N. The van der Waals surface area contributed by atoms with E-state index in [2.05, 4.69) is 11.6 Å². The molecule has 0 saturated carbocycles. The summed E-state index contributed by atoms with van der Waals surface area (Å²) in [6, 6.07) is 0. The second kappa shape index (κ2) is 4.31. The molecule has 0 radical (unpaired) electrons. The van der Waals surface area contributed by atoms with Crippen molar-refractivity contribution in [2.24, 2.45) is 4.99 Å². The summed E-state index contributed by atoms with van der Waals surface area (Å²) in [6.45, 7) is 7.39. The second-order valence-electron chi connectivity index (χ2n) is 1.44. The Hall–Kier alpha value is -0.850. The average molecular weight is 109 g/mol. The molecule has 0 aliphatic carbocycles. The monoisotopic (exact) mass is 109 g/mol. The van der Waals surface area contributed by atoms with Gasteiger partial charge in [-0.25, -0.2) is 0 Å². The molecule has 0 amide bonds. The third-order valence-corrected chi connectivity index (χ3v) is 0.801. The van der Waals surface area contributed by atoms with Crippen LogP contribution in [0, 0.1) is 0 Å². The van der Waals surface area contributed by atoms with E-state index in [0.29, 0.717) is 0 Å². The molecule has 1 heteroatoms. The van der Waals surface area contributed by atoms with Crippen LogP contribution in [0.4, 0.5) is 0 Å². The van der Waals surface area contributed by atoms with Crippen molar-refractivity contribution in [3.63, 3.8) is 0 Å². The highest BCUT2D eigenvalue weighted by molar-refractivity contribution is 5.71. The lowest BCUT2D eigenvalue weighted by atomic mass is 10.5. The van der Waals surface area contributed by atoms with Crippen molar-refractivity contribution in [3.8, 4) is 0 Å². The molecule has 0 rings (SSSR count). The van der Waals surface area contributed by atoms with Gasteiger partial charge in [0, 0.05) is 11.9 Å². The highest BCUT2D eigenvalue weighted by Gasteiger charge is 1.71. The molecule has 0 fully saturated rings. The maximum atomic E-state index is 3.98. The molecule has 44 valence electrons. The summed E-state index contributed by atoms with van der Waals surface area (Å²) < 4.78 is 0. The van der Waals surface area contributed by atoms with E-state index < -0.39 is 0 Å². The molecule has 8 heavy (non-hydrogen) atoms. The van der Waals surface area contributed by atoms with Gasteiger partial charge in [0.15, 0.2) is 0 Å². The summed E-state index contributed by atoms with van der Waals surface area (Å²) in [4.78, 5) is 3.98. The van der Waals surface area contributed by atoms with Gasteiger partial charge in [0.25, 0.3) is 0 Å². The fourth-order valence-corrected chi connectivity index (χ4v) is 0.245. The Morgan fingerprint density at radius 3 is 2.62 bits per heavy atom. The topological polar surface area (TPSA) is 12.4 Å². The van der Waals surface area contributed by atoms with Crippen LogP contribution < -0.4 is 0 Å². The molecule has 1 nitrogen and oxygen atoms in total. The van der Waals surface area contributed by atoms with Gasteiger partial charge in [-0.15, -0.1) is 0 Å². The van der Waals surface area contributed by atoms with Gasteiger partial charge in [-0.2, -0.15) is 0 Å². The van der Waals surface area contributed by atoms with E-state index in [1.807, 2.05) is 19.9 Å². The van der Waals surface area contributed by atoms with Crippen molar-refractivity contribution in [1.82, 2.24) is 0 Å². The van der Waals surface area contributed by atoms with Gasteiger partial charge in [-0.3, -0.25) is 4.99 Å². The van der Waals surface area contributed by atoms with E-state index in [-0.39, 0.29) is 0 Å². The zero-order valence-electron chi connectivity index (χ0n) is 5.39. The first-order chi connectivity index (χ1) is 3.81. The summed E-state index contributed by atoms with van der Waals surface area (Å²) in [5.41, 5.74) is 1.02. The molecule has 0 atom stereocenters. The molecule has 0 aliphatic rings. The molecule has 0 bridgehead atoms. The highest BCUT2D eigenvalue weighted by atomic mass is 14.7. The highest BCUT2D eigenvalue weighted by Crippen LogP contribution is 1.89. The number of hydrogen-bond donors (Lipinski definition) is 0. The fourth-order valence-electron chi connectivity index (χ4n) is 0.245. The fraction of sp³-hybridized carbons (Fsp3) is 0.286. The Kier molecular flexibility index (Phi) is 3.85. The Balaban J connectivity index is 3.69. The standard InChI is InChI=1S/C7H11N/c1-4-6-8-7(3)5-2/h4-6H,1H2,2-3H3/b7-5+,8-6-. The van der Waals surface area contributed by atoms with Crippen LogP contribution in [0.15, 0.2) is 29.4 Å². The van der Waals surface area contributed by atoms with E-state index in [4.69, 9.17) is 0 Å². The molecule has 0 heterocycles. The zero-order valence-corrected chi connectivity index (χ0v) is 5.39. The van der Waals surface area contributed by atoms with Gasteiger partial charge in [-0.05, 0) is 13.8 Å². The predicted octanol–water partition coefficient (Wildman–Crippen LogP) is 2.17. The summed E-state index contributed by atoms with van der Waals surface area (Å²) >= 11 is 0. The minimum atomic E-state index is 1.02. The number of nitrogens with zero attached hydrogens (tertiary/aromatic N) is 1. The molecule has 0 aromatic carbocycles. The first-order valence-corrected chi connectivity index (χ1v) is 2.59. The van der Waals surface area contributed by atoms with Gasteiger partial charge in [0.1, 0.15) is 0 Å². The quantitative estimate of drug-likeness (QED) is 0.482. The molecule has 0 aromatic rings. The second-order valence-corrected chi connectivity index (χ2v) is 1.44. The van der Waals surface area contributed by atoms with Crippen molar-refractivity contribution in [3.05, 3.63) is 24.4 Å². The summed E-state index contributed by atoms with van der Waals surface area (Å²) in [5, 5.41) is 0. The number of aliphatic imine (C=N–C) groups is 1. The first-order valence-electron chi connectivity index (χ1n) is 2.59. The number of rotatable bonds is 2. The van der Waals surface area contributed by atoms with E-state index >= 15 is 0 Å². The van der Waals surface area contributed by atoms with E-state index in [1.54, 1.807) is 12.3 Å². The molecule has 0 N–H and O–H groups in total. The summed E-state index contributed by atoms with van der Waals surface area (Å²) in [7, 11) is 0. The van der Waals surface area contributed by atoms with Gasteiger partial charge in [0.05, 0.1) is 0 Å². The largest absolute Gasteiger partial charge is 0.262 e. The van der Waals surface area contributed by atoms with Crippen LogP contribution in [0.1, 0.15) is 13.8 Å². The van der Waals surface area contributed by atoms with Gasteiger partial charge >= 0.3 is 0 Å². The minimum absolute atomic E-state index is 1.02. The van der Waals surface area contributed by atoms with Crippen LogP contribution in [0.25, 0.3) is 0 Å². The Morgan fingerprint density at radius 1 is 1.62 bits per heavy atom. The van der Waals surface area contributed by atoms with Gasteiger partial charge < -0.3 is 0 Å². The molecule has 0 saturated heterocycles. The van der Waals surface area contributed by atoms with Crippen LogP contribution in [-0.2, 0) is 0 Å². The minimum Gasteiger partial charge on any atom is -0.262 e. The molecule has 0 aromatic heterocycles. The van der Waals surface area contributed by atoms with Crippen LogP contribution in [0.3, 0.4) is 0 Å². The van der Waals surface area contributed by atoms with Crippen molar-refractivity contribution in [1.29, 1.82) is 0 Å². The van der Waals surface area contributed by atoms with Crippen molar-refractivity contribution in [2.45, 2.75) is 13.8 Å². The molecule has 0 unspecified atom stereocenters. The third kappa shape index (κ3) is 3.34. The number of hydrogen-bond acceptors (Lipinski definition) is 1.